The van der Waals surface area contributed by atoms with Gasteiger partial charge in [0.1, 0.15) is 93.6 Å². The molecule has 0 bridgehead atoms. The molecule has 4 saturated heterocycles. The summed E-state index contributed by atoms with van der Waals surface area (Å²) in [5, 5.41) is 5.22. The molecular formula is C95H125N23O10S6. The predicted molar refractivity (Wildman–Crippen MR) is 539 cm³/mol. The summed E-state index contributed by atoms with van der Waals surface area (Å²) in [7, 11) is 8.81. The van der Waals surface area contributed by atoms with Crippen molar-refractivity contribution >= 4 is 104 Å². The summed E-state index contributed by atoms with van der Waals surface area (Å²) in [6.07, 6.45) is 6.96. The number of benzene rings is 4. The Hall–Kier alpha value is -11.0. The first-order valence-corrected chi connectivity index (χ1v) is 50.0. The highest BCUT2D eigenvalue weighted by molar-refractivity contribution is 7.99. The third kappa shape index (κ3) is 28.3. The zero-order valence-electron chi connectivity index (χ0n) is 79.1. The second-order valence-corrected chi connectivity index (χ2v) is 40.4. The Morgan fingerprint density at radius 2 is 0.590 bits per heavy atom. The number of likely N-dealkylation sites (tertiary alicyclic amines) is 3. The number of nitrogen functional groups attached to an aromatic ring is 6. The van der Waals surface area contributed by atoms with Crippen LogP contribution in [0.3, 0.4) is 0 Å². The normalized spacial score (nSPS) is 15.2. The maximum Gasteiger partial charge on any atom is 0.320 e. The topological polar surface area (TPSA) is 419 Å². The Labute approximate surface area is 809 Å². The summed E-state index contributed by atoms with van der Waals surface area (Å²) in [6, 6.07) is 30.6. The van der Waals surface area contributed by atoms with Gasteiger partial charge in [0, 0.05) is 130 Å². The minimum atomic E-state index is -0.376. The highest BCUT2D eigenvalue weighted by Crippen LogP contribution is 2.45. The van der Waals surface area contributed by atoms with Crippen molar-refractivity contribution in [2.45, 2.75) is 141 Å². The summed E-state index contributed by atoms with van der Waals surface area (Å²) in [5.41, 5.74) is 44.2. The van der Waals surface area contributed by atoms with Gasteiger partial charge in [0.2, 0.25) is 0 Å². The lowest BCUT2D eigenvalue weighted by atomic mass is 10.1. The molecule has 39 heteroatoms. The number of aryl methyl sites for hydroxylation is 6. The van der Waals surface area contributed by atoms with Crippen molar-refractivity contribution in [3.63, 3.8) is 0 Å². The number of piperazine rings is 1. The quantitative estimate of drug-likeness (QED) is 0.0157. The summed E-state index contributed by atoms with van der Waals surface area (Å²) < 4.78 is 58.3. The maximum atomic E-state index is 6.14. The van der Waals surface area contributed by atoms with E-state index in [1.165, 1.54) is 60.4 Å². The standard InChI is InChI=1S/C24H33N7O3S.C24H32N6O3S.C24H31N5O2S2.C23H29N5O2S2/c1-15(34-24-27-20(25)14-21(26)28-24)22-16(2)35-23(29-22)17-5-6-18(32-4)19(13-17)33-12-11-31-9-7-30(3)8-10-31;1-15(33-24-27-20(25)14-21(26)28-24)22-16(2)34-23(29-22)17-7-8-18(31-3)19(13-17)32-12-11-30-9-5-4-6-10-30;1-15-13-21(25)27-24(26-15)33-17(3)22-16(2)32-23(28-22)18-7-8-19(30-4)20(14-18)31-12-11-29-9-5-6-10-29;1-14-12-20(24)26-23(25-14)32-16(3)21-15(2)31-22(27-21)17-6-7-18(29-4)19(13-17)30-11-10-28-8-5-9-28/h5-6,13-15H,7-12H2,1-4H3,(H4,25,26,27,28);7-8,13-15H,4-6,9-12H2,1-3H3,(H4,25,26,27,28);7-8,13-14,17H,5-6,9-12H2,1-4H3,(H2,25,26,27);6-7,12-13,16H,5,8-11H2,1-4H3,(H2,24,25,26)/t2*15-;17-;16-/m1100/s1. The maximum absolute atomic E-state index is 6.14. The van der Waals surface area contributed by atoms with E-state index < -0.39 is 0 Å². The number of aromatic nitrogens is 12. The number of piperidine rings is 1. The molecular weight excluding hydrogens is 1820 g/mol. The largest absolute Gasteiger partial charge is 0.493 e. The van der Waals surface area contributed by atoms with Crippen LogP contribution < -0.4 is 81.8 Å². The molecule has 0 amide bonds. The van der Waals surface area contributed by atoms with E-state index in [0.717, 1.165) is 207 Å². The fourth-order valence-corrected chi connectivity index (χ4v) is 21.6. The molecule has 0 radical (unpaired) electrons. The SMILES string of the molecule is COc1ccc(-c2nc([C@@H](C)Oc3nc(N)cc(N)n3)c(C)s2)cc1OCCN1CCCCC1.COc1ccc(-c2nc([C@@H](C)Oc3nc(N)cc(N)n3)c(C)s2)cc1OCCN1CCN(C)CC1.COc1ccc(-c2nc([C@H](C)Sc3nc(C)cc(N)n3)c(C)s2)cc1OCCN1CCC1.COc1ccc(-c2nc([C@H](C)Sc3nc(C)cc(N)n3)c(C)s2)cc1OCCN1CCCC1. The predicted octanol–water partition coefficient (Wildman–Crippen LogP) is 16.8. The second kappa shape index (κ2) is 48.5. The number of thiazole rings is 4. The van der Waals surface area contributed by atoms with Crippen LogP contribution in [0.5, 0.6) is 58.0 Å². The lowest BCUT2D eigenvalue weighted by Crippen LogP contribution is -2.45. The molecule has 8 aromatic heterocycles. The lowest BCUT2D eigenvalue weighted by Gasteiger charge is -2.32. The van der Waals surface area contributed by atoms with Gasteiger partial charge in [-0.3, -0.25) is 19.6 Å². The number of rotatable bonds is 36. The number of hydrogen-bond donors (Lipinski definition) is 6. The number of hydrogen-bond acceptors (Lipinski definition) is 39. The first-order valence-electron chi connectivity index (χ1n) is 45.0. The van der Waals surface area contributed by atoms with E-state index in [9.17, 15) is 0 Å². The van der Waals surface area contributed by atoms with E-state index in [-0.39, 0.29) is 58.0 Å². The molecule has 4 aliphatic heterocycles. The molecule has 0 unspecified atom stereocenters. The van der Waals surface area contributed by atoms with Gasteiger partial charge in [-0.1, -0.05) is 29.9 Å². The fourth-order valence-electron chi connectivity index (χ4n) is 15.5. The van der Waals surface area contributed by atoms with Crippen LogP contribution in [0.25, 0.3) is 42.3 Å². The van der Waals surface area contributed by atoms with Crippen LogP contribution in [0.1, 0.15) is 143 Å². The number of methoxy groups -OCH3 is 4. The zero-order valence-corrected chi connectivity index (χ0v) is 84.0. The van der Waals surface area contributed by atoms with Crippen LogP contribution in [0.4, 0.5) is 34.9 Å². The smallest absolute Gasteiger partial charge is 0.320 e. The van der Waals surface area contributed by atoms with Gasteiger partial charge in [-0.05, 0) is 220 Å². The molecule has 134 heavy (non-hydrogen) atoms. The molecule has 716 valence electrons. The van der Waals surface area contributed by atoms with E-state index >= 15 is 0 Å². The third-order valence-electron chi connectivity index (χ3n) is 22.7. The van der Waals surface area contributed by atoms with E-state index in [1.54, 1.807) is 109 Å². The van der Waals surface area contributed by atoms with Crippen LogP contribution in [0.2, 0.25) is 0 Å². The summed E-state index contributed by atoms with van der Waals surface area (Å²) >= 11 is 9.70. The summed E-state index contributed by atoms with van der Waals surface area (Å²) in [4.78, 5) is 70.2. The molecule has 4 fully saturated rings. The molecule has 12 heterocycles. The molecule has 4 aromatic carbocycles. The van der Waals surface area contributed by atoms with Crippen molar-refractivity contribution in [3.05, 3.63) is 151 Å². The number of ether oxygens (including phenoxy) is 10. The van der Waals surface area contributed by atoms with Crippen molar-refractivity contribution in [3.8, 4) is 100 Å². The van der Waals surface area contributed by atoms with Gasteiger partial charge in [-0.2, -0.15) is 19.9 Å². The molecule has 12 N–H and O–H groups in total. The molecule has 0 aliphatic carbocycles. The molecule has 33 nitrogen and oxygen atoms in total. The Kier molecular flexibility index (Phi) is 36.3. The second-order valence-electron chi connectivity index (χ2n) is 33.0. The van der Waals surface area contributed by atoms with Crippen molar-refractivity contribution < 1.29 is 47.4 Å². The first kappa shape index (κ1) is 100. The fraction of sp³-hybridized carbons (Fsp3) is 0.453. The average Bonchev–Trinajstić information content (AvgIpc) is 1.67. The molecule has 4 aliphatic rings. The third-order valence-corrected chi connectivity index (χ3v) is 28.8. The van der Waals surface area contributed by atoms with E-state index in [4.69, 9.17) is 102 Å². The van der Waals surface area contributed by atoms with Crippen LogP contribution in [0.15, 0.2) is 107 Å². The van der Waals surface area contributed by atoms with Gasteiger partial charge < -0.3 is 86.7 Å². The van der Waals surface area contributed by atoms with Gasteiger partial charge in [0.15, 0.2) is 56.3 Å². The highest BCUT2D eigenvalue weighted by atomic mass is 32.2. The molecule has 4 atom stereocenters. The monoisotopic (exact) mass is 1940 g/mol. The Morgan fingerprint density at radius 1 is 0.313 bits per heavy atom. The van der Waals surface area contributed by atoms with Crippen LogP contribution >= 0.6 is 68.9 Å². The van der Waals surface area contributed by atoms with Crippen LogP contribution in [-0.4, -0.2) is 238 Å². The molecule has 0 saturated carbocycles. The number of anilines is 6. The summed E-state index contributed by atoms with van der Waals surface area (Å²) in [6.45, 7) is 37.6. The van der Waals surface area contributed by atoms with Gasteiger partial charge in [-0.15, -0.1) is 45.3 Å². The van der Waals surface area contributed by atoms with Crippen molar-refractivity contribution in [1.82, 2.24) is 84.3 Å². The number of likely N-dealkylation sites (N-methyl/N-ethyl adjacent to an activating group) is 1. The minimum Gasteiger partial charge on any atom is -0.493 e. The zero-order chi connectivity index (χ0) is 95.1. The van der Waals surface area contributed by atoms with E-state index in [2.05, 4.69) is 99.1 Å². The number of nitrogens with zero attached hydrogens (tertiary/aromatic N) is 17. The first-order chi connectivity index (χ1) is 64.6. The molecule has 16 rings (SSSR count). The van der Waals surface area contributed by atoms with Gasteiger partial charge in [0.25, 0.3) is 0 Å². The highest BCUT2D eigenvalue weighted by Gasteiger charge is 2.27. The molecule has 0 spiro atoms. The number of thioether (sulfide) groups is 2. The van der Waals surface area contributed by atoms with E-state index in [0.29, 0.717) is 65.6 Å². The van der Waals surface area contributed by atoms with Gasteiger partial charge in [-0.25, -0.2) is 39.9 Å². The van der Waals surface area contributed by atoms with Gasteiger partial charge >= 0.3 is 12.0 Å². The average molecular weight is 1940 g/mol. The van der Waals surface area contributed by atoms with Crippen LogP contribution in [-0.2, 0) is 0 Å². The molecule has 12 aromatic rings. The lowest BCUT2D eigenvalue weighted by molar-refractivity contribution is 0.133. The summed E-state index contributed by atoms with van der Waals surface area (Å²) in [5.74, 6) is 7.86. The van der Waals surface area contributed by atoms with Crippen molar-refractivity contribution in [2.75, 3.05) is 188 Å². The number of nitrogens with two attached hydrogens (primary N) is 6. The Bertz CT molecular complexity index is 5760. The minimum absolute atomic E-state index is 0.102. The van der Waals surface area contributed by atoms with Gasteiger partial charge in [0.05, 0.1) is 61.7 Å². The Morgan fingerprint density at radius 3 is 0.881 bits per heavy atom. The van der Waals surface area contributed by atoms with E-state index in [1.807, 2.05) is 114 Å². The Balaban J connectivity index is 0.000000152. The van der Waals surface area contributed by atoms with Crippen LogP contribution in [0, 0.1) is 41.5 Å². The van der Waals surface area contributed by atoms with Crippen molar-refractivity contribution in [2.24, 2.45) is 0 Å². The van der Waals surface area contributed by atoms with Crippen molar-refractivity contribution in [1.29, 1.82) is 0 Å².